The molecule has 0 radical (unpaired) electrons. The van der Waals surface area contributed by atoms with Gasteiger partial charge in [0, 0.05) is 11.4 Å². The summed E-state index contributed by atoms with van der Waals surface area (Å²) in [4.78, 5) is 13.2. The maximum absolute atomic E-state index is 12.1. The summed E-state index contributed by atoms with van der Waals surface area (Å²) in [6.45, 7) is 4.57. The van der Waals surface area contributed by atoms with Crippen LogP contribution in [0.2, 0.25) is 0 Å². The number of carbonyl (C=O) groups excluding carboxylic acids is 1. The first-order valence-electron chi connectivity index (χ1n) is 6.70. The van der Waals surface area contributed by atoms with E-state index in [2.05, 4.69) is 24.4 Å². The Morgan fingerprint density at radius 1 is 1.10 bits per heavy atom. The van der Waals surface area contributed by atoms with Crippen LogP contribution in [0.15, 0.2) is 59.5 Å². The number of hydrogen-bond donors (Lipinski definition) is 1. The summed E-state index contributed by atoms with van der Waals surface area (Å²) in [5.41, 5.74) is 2.36. The topological polar surface area (TPSA) is 29.1 Å². The third kappa shape index (κ3) is 4.42. The average Bonchev–Trinajstić information content (AvgIpc) is 2.47. The van der Waals surface area contributed by atoms with Gasteiger partial charge in [-0.15, -0.1) is 11.8 Å². The van der Waals surface area contributed by atoms with Gasteiger partial charge >= 0.3 is 0 Å². The molecule has 1 N–H and O–H groups in total. The van der Waals surface area contributed by atoms with Crippen LogP contribution in [0.5, 0.6) is 0 Å². The normalized spacial score (nSPS) is 11.9. The van der Waals surface area contributed by atoms with Crippen molar-refractivity contribution in [2.75, 3.05) is 0 Å². The van der Waals surface area contributed by atoms with E-state index in [0.717, 1.165) is 10.5 Å². The number of benzene rings is 2. The third-order valence-corrected chi connectivity index (χ3v) is 4.12. The van der Waals surface area contributed by atoms with Gasteiger partial charge in [0.25, 0.3) is 0 Å². The number of hydrogen-bond acceptors (Lipinski definition) is 2. The first kappa shape index (κ1) is 14.7. The van der Waals surface area contributed by atoms with Gasteiger partial charge in [0.1, 0.15) is 0 Å². The second kappa shape index (κ2) is 7.15. The van der Waals surface area contributed by atoms with Crippen molar-refractivity contribution < 1.29 is 4.79 Å². The molecule has 0 spiro atoms. The third-order valence-electron chi connectivity index (χ3n) is 3.01. The largest absolute Gasteiger partial charge is 0.351 e. The molecule has 104 valence electrons. The summed E-state index contributed by atoms with van der Waals surface area (Å²) in [6.07, 6.45) is 0. The predicted octanol–water partition coefficient (Wildman–Crippen LogP) is 3.79. The zero-order chi connectivity index (χ0) is 14.4. The molecule has 1 amide bonds. The van der Waals surface area contributed by atoms with Crippen LogP contribution in [0.4, 0.5) is 0 Å². The number of thioether (sulfide) groups is 1. The SMILES string of the molecule is Cc1ccc(CNC(=O)[C@@H](C)Sc2ccccc2)cc1. The Hall–Kier alpha value is -1.74. The maximum atomic E-state index is 12.1. The molecule has 0 aliphatic carbocycles. The summed E-state index contributed by atoms with van der Waals surface area (Å²) >= 11 is 1.58. The standard InChI is InChI=1S/C17H19NOS/c1-13-8-10-15(11-9-13)12-18-17(19)14(2)20-16-6-4-3-5-7-16/h3-11,14H,12H2,1-2H3,(H,18,19)/t14-/m1/s1. The quantitative estimate of drug-likeness (QED) is 0.847. The van der Waals surface area contributed by atoms with E-state index in [1.54, 1.807) is 11.8 Å². The molecule has 0 saturated carbocycles. The number of carbonyl (C=O) groups is 1. The Balaban J connectivity index is 1.83. The first-order chi connectivity index (χ1) is 9.65. The Kier molecular flexibility index (Phi) is 5.24. The Morgan fingerprint density at radius 2 is 1.75 bits per heavy atom. The van der Waals surface area contributed by atoms with E-state index in [1.165, 1.54) is 5.56 Å². The molecule has 2 aromatic rings. The minimum atomic E-state index is -0.0946. The molecular weight excluding hydrogens is 266 g/mol. The van der Waals surface area contributed by atoms with Crippen LogP contribution in [-0.4, -0.2) is 11.2 Å². The van der Waals surface area contributed by atoms with Crippen molar-refractivity contribution in [1.82, 2.24) is 5.32 Å². The fraction of sp³-hybridized carbons (Fsp3) is 0.235. The van der Waals surface area contributed by atoms with Gasteiger partial charge in [0.2, 0.25) is 5.91 Å². The lowest BCUT2D eigenvalue weighted by Gasteiger charge is -2.12. The number of aryl methyl sites for hydroxylation is 1. The van der Waals surface area contributed by atoms with E-state index in [-0.39, 0.29) is 11.2 Å². The molecule has 0 aromatic heterocycles. The van der Waals surface area contributed by atoms with Crippen molar-refractivity contribution in [3.8, 4) is 0 Å². The molecular formula is C17H19NOS. The molecule has 0 bridgehead atoms. The van der Waals surface area contributed by atoms with Gasteiger partial charge in [-0.1, -0.05) is 48.0 Å². The summed E-state index contributed by atoms with van der Waals surface area (Å²) < 4.78 is 0. The minimum Gasteiger partial charge on any atom is -0.351 e. The van der Waals surface area contributed by atoms with Crippen molar-refractivity contribution in [2.24, 2.45) is 0 Å². The molecule has 3 heteroatoms. The molecule has 0 aliphatic rings. The summed E-state index contributed by atoms with van der Waals surface area (Å²) in [5.74, 6) is 0.0689. The van der Waals surface area contributed by atoms with Crippen LogP contribution in [0, 0.1) is 6.92 Å². The second-order valence-electron chi connectivity index (χ2n) is 4.78. The second-order valence-corrected chi connectivity index (χ2v) is 6.19. The Morgan fingerprint density at radius 3 is 2.40 bits per heavy atom. The average molecular weight is 285 g/mol. The summed E-state index contributed by atoms with van der Waals surface area (Å²) in [5, 5.41) is 2.88. The number of nitrogens with one attached hydrogen (secondary N) is 1. The van der Waals surface area contributed by atoms with E-state index < -0.39 is 0 Å². The molecule has 20 heavy (non-hydrogen) atoms. The summed E-state index contributed by atoms with van der Waals surface area (Å²) in [6, 6.07) is 18.2. The fourth-order valence-corrected chi connectivity index (χ4v) is 2.71. The Bertz CT molecular complexity index is 551. The van der Waals surface area contributed by atoms with Crippen LogP contribution in [0.25, 0.3) is 0 Å². The maximum Gasteiger partial charge on any atom is 0.233 e. The fourth-order valence-electron chi connectivity index (χ4n) is 1.80. The number of amides is 1. The van der Waals surface area contributed by atoms with Crippen LogP contribution >= 0.6 is 11.8 Å². The lowest BCUT2D eigenvalue weighted by atomic mass is 10.1. The predicted molar refractivity (Wildman–Crippen MR) is 84.8 cm³/mol. The molecule has 0 fully saturated rings. The highest BCUT2D eigenvalue weighted by Gasteiger charge is 2.13. The zero-order valence-electron chi connectivity index (χ0n) is 11.8. The molecule has 2 rings (SSSR count). The van der Waals surface area contributed by atoms with Crippen LogP contribution in [0.3, 0.4) is 0 Å². The Labute approximate surface area is 124 Å². The van der Waals surface area contributed by atoms with E-state index >= 15 is 0 Å². The van der Waals surface area contributed by atoms with Crippen LogP contribution in [-0.2, 0) is 11.3 Å². The van der Waals surface area contributed by atoms with Gasteiger partial charge in [0.05, 0.1) is 5.25 Å². The molecule has 0 heterocycles. The van der Waals surface area contributed by atoms with Gasteiger partial charge in [0.15, 0.2) is 0 Å². The van der Waals surface area contributed by atoms with E-state index in [0.29, 0.717) is 6.54 Å². The highest BCUT2D eigenvalue weighted by Crippen LogP contribution is 2.22. The van der Waals surface area contributed by atoms with Crippen molar-refractivity contribution in [3.63, 3.8) is 0 Å². The van der Waals surface area contributed by atoms with E-state index in [9.17, 15) is 4.79 Å². The smallest absolute Gasteiger partial charge is 0.233 e. The molecule has 2 nitrogen and oxygen atoms in total. The zero-order valence-corrected chi connectivity index (χ0v) is 12.6. The van der Waals surface area contributed by atoms with Crippen molar-refractivity contribution in [3.05, 3.63) is 65.7 Å². The van der Waals surface area contributed by atoms with Crippen molar-refractivity contribution in [2.45, 2.75) is 30.5 Å². The first-order valence-corrected chi connectivity index (χ1v) is 7.58. The molecule has 0 saturated heterocycles. The number of rotatable bonds is 5. The highest BCUT2D eigenvalue weighted by molar-refractivity contribution is 8.00. The van der Waals surface area contributed by atoms with Gasteiger partial charge < -0.3 is 5.32 Å². The van der Waals surface area contributed by atoms with Crippen molar-refractivity contribution in [1.29, 1.82) is 0 Å². The molecule has 0 unspecified atom stereocenters. The minimum absolute atomic E-state index is 0.0689. The van der Waals surface area contributed by atoms with Crippen LogP contribution < -0.4 is 5.32 Å². The van der Waals surface area contributed by atoms with Gasteiger partial charge in [-0.3, -0.25) is 4.79 Å². The van der Waals surface area contributed by atoms with Gasteiger partial charge in [-0.25, -0.2) is 0 Å². The monoisotopic (exact) mass is 285 g/mol. The van der Waals surface area contributed by atoms with E-state index in [1.807, 2.05) is 49.4 Å². The van der Waals surface area contributed by atoms with Gasteiger partial charge in [-0.2, -0.15) is 0 Å². The summed E-state index contributed by atoms with van der Waals surface area (Å²) in [7, 11) is 0. The lowest BCUT2D eigenvalue weighted by Crippen LogP contribution is -2.30. The lowest BCUT2D eigenvalue weighted by molar-refractivity contribution is -0.120. The molecule has 1 atom stereocenters. The molecule has 2 aromatic carbocycles. The van der Waals surface area contributed by atoms with Crippen LogP contribution in [0.1, 0.15) is 18.1 Å². The van der Waals surface area contributed by atoms with Gasteiger partial charge in [-0.05, 0) is 31.5 Å². The molecule has 0 aliphatic heterocycles. The highest BCUT2D eigenvalue weighted by atomic mass is 32.2. The van der Waals surface area contributed by atoms with Crippen molar-refractivity contribution >= 4 is 17.7 Å². The van der Waals surface area contributed by atoms with E-state index in [4.69, 9.17) is 0 Å².